The smallest absolute Gasteiger partial charge is 0.283 e. The topological polar surface area (TPSA) is 55.2 Å². The van der Waals surface area contributed by atoms with Gasteiger partial charge in [0.25, 0.3) is 5.69 Å². The molecule has 1 N–H and O–H groups in total. The SMILES string of the molecule is O=[N+]([O-])c1ccc(NC2CCCCCC2)cc1Br. The molecule has 98 valence electrons. The van der Waals surface area contributed by atoms with Crippen LogP contribution >= 0.6 is 15.9 Å². The molecule has 0 aliphatic heterocycles. The number of hydrogen-bond donors (Lipinski definition) is 1. The van der Waals surface area contributed by atoms with E-state index in [9.17, 15) is 10.1 Å². The van der Waals surface area contributed by atoms with Gasteiger partial charge in [-0.1, -0.05) is 25.7 Å². The molecule has 0 radical (unpaired) electrons. The highest BCUT2D eigenvalue weighted by Crippen LogP contribution is 2.29. The first-order valence-electron chi connectivity index (χ1n) is 6.37. The Bertz CT molecular complexity index is 429. The number of anilines is 1. The summed E-state index contributed by atoms with van der Waals surface area (Å²) < 4.78 is 0.533. The van der Waals surface area contributed by atoms with Crippen molar-refractivity contribution in [2.24, 2.45) is 0 Å². The molecule has 0 atom stereocenters. The van der Waals surface area contributed by atoms with Crippen LogP contribution in [-0.4, -0.2) is 11.0 Å². The first-order chi connectivity index (χ1) is 8.66. The standard InChI is InChI=1S/C13H17BrN2O2/c14-12-9-11(7-8-13(12)16(17)18)15-10-5-3-1-2-4-6-10/h7-10,15H,1-6H2. The normalized spacial score (nSPS) is 17.2. The van der Waals surface area contributed by atoms with Crippen LogP contribution < -0.4 is 5.32 Å². The van der Waals surface area contributed by atoms with Gasteiger partial charge in [0.15, 0.2) is 0 Å². The van der Waals surface area contributed by atoms with E-state index in [-0.39, 0.29) is 10.6 Å². The summed E-state index contributed by atoms with van der Waals surface area (Å²) in [6.07, 6.45) is 7.56. The van der Waals surface area contributed by atoms with Crippen LogP contribution in [0.2, 0.25) is 0 Å². The lowest BCUT2D eigenvalue weighted by Gasteiger charge is -2.17. The Balaban J connectivity index is 2.05. The number of rotatable bonds is 3. The van der Waals surface area contributed by atoms with Crippen molar-refractivity contribution < 1.29 is 4.92 Å². The minimum absolute atomic E-state index is 0.112. The van der Waals surface area contributed by atoms with Crippen molar-refractivity contribution in [1.29, 1.82) is 0 Å². The van der Waals surface area contributed by atoms with Crippen LogP contribution in [-0.2, 0) is 0 Å². The van der Waals surface area contributed by atoms with E-state index in [4.69, 9.17) is 0 Å². The highest BCUT2D eigenvalue weighted by molar-refractivity contribution is 9.10. The first kappa shape index (κ1) is 13.3. The molecule has 0 spiro atoms. The Morgan fingerprint density at radius 3 is 2.44 bits per heavy atom. The maximum absolute atomic E-state index is 10.7. The summed E-state index contributed by atoms with van der Waals surface area (Å²) in [5.41, 5.74) is 1.07. The van der Waals surface area contributed by atoms with E-state index in [2.05, 4.69) is 21.2 Å². The van der Waals surface area contributed by atoms with E-state index in [0.717, 1.165) is 5.69 Å². The molecule has 5 heteroatoms. The second-order valence-electron chi connectivity index (χ2n) is 4.76. The van der Waals surface area contributed by atoms with Crippen molar-refractivity contribution in [2.45, 2.75) is 44.6 Å². The largest absolute Gasteiger partial charge is 0.382 e. The van der Waals surface area contributed by atoms with Gasteiger partial charge in [0.2, 0.25) is 0 Å². The van der Waals surface area contributed by atoms with Crippen molar-refractivity contribution in [3.63, 3.8) is 0 Å². The highest BCUT2D eigenvalue weighted by atomic mass is 79.9. The molecule has 0 saturated heterocycles. The summed E-state index contributed by atoms with van der Waals surface area (Å²) in [4.78, 5) is 10.3. The molecule has 1 aromatic rings. The molecular weight excluding hydrogens is 296 g/mol. The molecule has 0 heterocycles. The molecule has 18 heavy (non-hydrogen) atoms. The lowest BCUT2D eigenvalue weighted by atomic mass is 10.1. The summed E-state index contributed by atoms with van der Waals surface area (Å²) in [5, 5.41) is 14.2. The summed E-state index contributed by atoms with van der Waals surface area (Å²) in [7, 11) is 0. The molecule has 2 rings (SSSR count). The van der Waals surface area contributed by atoms with E-state index in [1.54, 1.807) is 18.2 Å². The Morgan fingerprint density at radius 1 is 1.22 bits per heavy atom. The van der Waals surface area contributed by atoms with Gasteiger partial charge in [-0.3, -0.25) is 10.1 Å². The second-order valence-corrected chi connectivity index (χ2v) is 5.61. The quantitative estimate of drug-likeness (QED) is 0.508. The second kappa shape index (κ2) is 6.18. The Morgan fingerprint density at radius 2 is 1.89 bits per heavy atom. The minimum atomic E-state index is -0.375. The van der Waals surface area contributed by atoms with Crippen molar-refractivity contribution in [3.05, 3.63) is 32.8 Å². The van der Waals surface area contributed by atoms with Crippen molar-refractivity contribution >= 4 is 27.3 Å². The van der Waals surface area contributed by atoms with Crippen LogP contribution in [0.15, 0.2) is 22.7 Å². The molecule has 0 aromatic heterocycles. The predicted octanol–water partition coefficient (Wildman–Crippen LogP) is 4.49. The van der Waals surface area contributed by atoms with Crippen LogP contribution in [0.3, 0.4) is 0 Å². The molecule has 0 bridgehead atoms. The summed E-state index contributed by atoms with van der Waals surface area (Å²) in [6, 6.07) is 5.63. The van der Waals surface area contributed by atoms with Crippen LogP contribution in [0, 0.1) is 10.1 Å². The Hall–Kier alpha value is -1.10. The maximum Gasteiger partial charge on any atom is 0.283 e. The number of nitrogens with one attached hydrogen (secondary N) is 1. The Kier molecular flexibility index (Phi) is 4.58. The zero-order valence-electron chi connectivity index (χ0n) is 10.2. The average molecular weight is 313 g/mol. The molecule has 1 aliphatic carbocycles. The fourth-order valence-corrected chi connectivity index (χ4v) is 2.93. The number of nitro benzene ring substituents is 1. The van der Waals surface area contributed by atoms with E-state index in [1.165, 1.54) is 38.5 Å². The molecule has 1 aromatic carbocycles. The summed E-state index contributed by atoms with van der Waals surface area (Å²) in [6.45, 7) is 0. The van der Waals surface area contributed by atoms with E-state index in [1.807, 2.05) is 0 Å². The molecule has 0 amide bonds. The number of benzene rings is 1. The zero-order valence-corrected chi connectivity index (χ0v) is 11.8. The third-order valence-electron chi connectivity index (χ3n) is 3.37. The minimum Gasteiger partial charge on any atom is -0.382 e. The van der Waals surface area contributed by atoms with Crippen molar-refractivity contribution in [3.8, 4) is 0 Å². The number of halogens is 1. The van der Waals surface area contributed by atoms with Gasteiger partial charge in [0.05, 0.1) is 9.40 Å². The lowest BCUT2D eigenvalue weighted by Crippen LogP contribution is -2.18. The van der Waals surface area contributed by atoms with Gasteiger partial charge in [-0.25, -0.2) is 0 Å². The van der Waals surface area contributed by atoms with Gasteiger partial charge in [0.1, 0.15) is 0 Å². The molecule has 0 unspecified atom stereocenters. The molecular formula is C13H17BrN2O2. The molecule has 1 saturated carbocycles. The third-order valence-corrected chi connectivity index (χ3v) is 4.01. The van der Waals surface area contributed by atoms with Gasteiger partial charge >= 0.3 is 0 Å². The number of hydrogen-bond acceptors (Lipinski definition) is 3. The van der Waals surface area contributed by atoms with Crippen molar-refractivity contribution in [2.75, 3.05) is 5.32 Å². The van der Waals surface area contributed by atoms with E-state index < -0.39 is 0 Å². The average Bonchev–Trinajstić information content (AvgIpc) is 2.57. The predicted molar refractivity (Wildman–Crippen MR) is 75.9 cm³/mol. The fraction of sp³-hybridized carbons (Fsp3) is 0.538. The van der Waals surface area contributed by atoms with Gasteiger partial charge in [-0.15, -0.1) is 0 Å². The van der Waals surface area contributed by atoms with Crippen LogP contribution in [0.25, 0.3) is 0 Å². The molecule has 1 aliphatic rings. The Labute approximate surface area is 115 Å². The van der Waals surface area contributed by atoms with Gasteiger partial charge in [0, 0.05) is 17.8 Å². The monoisotopic (exact) mass is 312 g/mol. The van der Waals surface area contributed by atoms with Crippen molar-refractivity contribution in [1.82, 2.24) is 0 Å². The molecule has 4 nitrogen and oxygen atoms in total. The first-order valence-corrected chi connectivity index (χ1v) is 7.16. The third kappa shape index (κ3) is 3.45. The maximum atomic E-state index is 10.7. The summed E-state index contributed by atoms with van der Waals surface area (Å²) >= 11 is 3.25. The highest BCUT2D eigenvalue weighted by Gasteiger charge is 2.15. The zero-order chi connectivity index (χ0) is 13.0. The van der Waals surface area contributed by atoms with Gasteiger partial charge in [-0.2, -0.15) is 0 Å². The van der Waals surface area contributed by atoms with Gasteiger partial charge in [-0.05, 0) is 40.9 Å². The van der Waals surface area contributed by atoms with Gasteiger partial charge < -0.3 is 5.32 Å². The number of nitrogens with zero attached hydrogens (tertiary/aromatic N) is 1. The molecule has 1 fully saturated rings. The fourth-order valence-electron chi connectivity index (χ4n) is 2.40. The number of nitro groups is 1. The van der Waals surface area contributed by atoms with E-state index in [0.29, 0.717) is 10.5 Å². The van der Waals surface area contributed by atoms with E-state index >= 15 is 0 Å². The van der Waals surface area contributed by atoms with Crippen LogP contribution in [0.1, 0.15) is 38.5 Å². The van der Waals surface area contributed by atoms with Crippen LogP contribution in [0.4, 0.5) is 11.4 Å². The lowest BCUT2D eigenvalue weighted by molar-refractivity contribution is -0.385. The summed E-state index contributed by atoms with van der Waals surface area (Å²) in [5.74, 6) is 0. The van der Waals surface area contributed by atoms with Crippen LogP contribution in [0.5, 0.6) is 0 Å².